The molecule has 0 unspecified atom stereocenters. The molecule has 8 heteroatoms. The van der Waals surface area contributed by atoms with Crippen molar-refractivity contribution in [1.29, 1.82) is 0 Å². The predicted octanol–water partition coefficient (Wildman–Crippen LogP) is 4.19. The summed E-state index contributed by atoms with van der Waals surface area (Å²) in [4.78, 5) is 30.3. The summed E-state index contributed by atoms with van der Waals surface area (Å²) in [5, 5.41) is 6.28. The smallest absolute Gasteiger partial charge is 0.276 e. The number of rotatable bonds is 4. The van der Waals surface area contributed by atoms with Gasteiger partial charge in [-0.2, -0.15) is 0 Å². The maximum Gasteiger partial charge on any atom is 0.276 e. The molecule has 4 aromatic heterocycles. The average molecular weight is 398 g/mol. The van der Waals surface area contributed by atoms with E-state index < -0.39 is 0 Å². The van der Waals surface area contributed by atoms with Gasteiger partial charge < -0.3 is 0 Å². The lowest BCUT2D eigenvalue weighted by Crippen LogP contribution is -2.16. The Balaban J connectivity index is 1.39. The van der Waals surface area contributed by atoms with Crippen molar-refractivity contribution in [3.63, 3.8) is 0 Å². The molecular formula is C21H14N6OS. The first-order chi connectivity index (χ1) is 14.3. The second-order valence-corrected chi connectivity index (χ2v) is 7.08. The van der Waals surface area contributed by atoms with Crippen LogP contribution in [0.5, 0.6) is 0 Å². The monoisotopic (exact) mass is 398 g/mol. The Kier molecular flexibility index (Phi) is 4.30. The summed E-state index contributed by atoms with van der Waals surface area (Å²) in [5.74, 6) is 0.316. The number of amides is 1. The molecule has 0 fully saturated rings. The van der Waals surface area contributed by atoms with Crippen LogP contribution in [0, 0.1) is 0 Å². The van der Waals surface area contributed by atoms with E-state index in [4.69, 9.17) is 0 Å². The van der Waals surface area contributed by atoms with Crippen molar-refractivity contribution in [2.75, 3.05) is 5.32 Å². The first-order valence-electron chi connectivity index (χ1n) is 8.85. The normalized spacial score (nSPS) is 10.9. The van der Waals surface area contributed by atoms with Crippen LogP contribution in [0.4, 0.5) is 5.13 Å². The average Bonchev–Trinajstić information content (AvgIpc) is 3.44. The Labute approximate surface area is 169 Å². The van der Waals surface area contributed by atoms with Crippen LogP contribution in [-0.4, -0.2) is 30.4 Å². The number of hydrogen-bond donors (Lipinski definition) is 1. The molecule has 140 valence electrons. The second-order valence-electron chi connectivity index (χ2n) is 6.22. The van der Waals surface area contributed by atoms with E-state index in [9.17, 15) is 4.79 Å². The molecule has 0 aliphatic rings. The number of thiazole rings is 1. The number of aromatic nitrogens is 5. The van der Waals surface area contributed by atoms with E-state index in [0.29, 0.717) is 22.3 Å². The largest absolute Gasteiger partial charge is 0.296 e. The number of imidazole rings is 1. The van der Waals surface area contributed by atoms with Gasteiger partial charge in [-0.3, -0.25) is 14.7 Å². The number of benzene rings is 1. The van der Waals surface area contributed by atoms with E-state index in [0.717, 1.165) is 16.6 Å². The van der Waals surface area contributed by atoms with E-state index in [1.54, 1.807) is 17.1 Å². The fourth-order valence-electron chi connectivity index (χ4n) is 2.96. The highest BCUT2D eigenvalue weighted by Gasteiger charge is 2.16. The van der Waals surface area contributed by atoms with Gasteiger partial charge in [0, 0.05) is 17.0 Å². The second kappa shape index (κ2) is 7.25. The molecule has 1 aromatic carbocycles. The molecule has 5 aromatic rings. The van der Waals surface area contributed by atoms with Crippen LogP contribution in [0.1, 0.15) is 10.5 Å². The van der Waals surface area contributed by atoms with Crippen molar-refractivity contribution in [2.45, 2.75) is 0 Å². The van der Waals surface area contributed by atoms with Gasteiger partial charge in [-0.15, -0.1) is 11.3 Å². The standard InChI is InChI=1S/C21H14N6OS/c28-20(18-11-22-13-27(18)19-7-3-4-10-23-19)26-21-25-17(12-29-21)16-9-8-14-5-1-2-6-15(14)24-16/h1-13H,(H,25,26,28). The number of fused-ring (bicyclic) bond motifs is 1. The topological polar surface area (TPSA) is 85.6 Å². The minimum absolute atomic E-state index is 0.305. The summed E-state index contributed by atoms with van der Waals surface area (Å²) >= 11 is 1.35. The third kappa shape index (κ3) is 3.37. The number of hydrogen-bond acceptors (Lipinski definition) is 6. The molecular weight excluding hydrogens is 384 g/mol. The molecule has 0 aliphatic heterocycles. The summed E-state index contributed by atoms with van der Waals surface area (Å²) in [7, 11) is 0. The lowest BCUT2D eigenvalue weighted by atomic mass is 10.2. The van der Waals surface area contributed by atoms with Crippen LogP contribution in [0.15, 0.2) is 78.7 Å². The van der Waals surface area contributed by atoms with Crippen molar-refractivity contribution in [3.8, 4) is 17.2 Å². The lowest BCUT2D eigenvalue weighted by molar-refractivity contribution is 0.102. The predicted molar refractivity (Wildman–Crippen MR) is 112 cm³/mol. The highest BCUT2D eigenvalue weighted by Crippen LogP contribution is 2.25. The maximum atomic E-state index is 12.7. The van der Waals surface area contributed by atoms with Crippen LogP contribution in [0.2, 0.25) is 0 Å². The lowest BCUT2D eigenvalue weighted by Gasteiger charge is -2.06. The summed E-state index contributed by atoms with van der Waals surface area (Å²) in [6, 6.07) is 17.3. The number of carbonyl (C=O) groups excluding carboxylic acids is 1. The molecule has 0 saturated carbocycles. The van der Waals surface area contributed by atoms with Crippen LogP contribution in [0.25, 0.3) is 28.1 Å². The van der Waals surface area contributed by atoms with Crippen molar-refractivity contribution in [3.05, 3.63) is 84.4 Å². The Bertz CT molecular complexity index is 1310. The summed E-state index contributed by atoms with van der Waals surface area (Å²) < 4.78 is 1.63. The molecule has 0 saturated heterocycles. The summed E-state index contributed by atoms with van der Waals surface area (Å²) in [6.07, 6.45) is 4.73. The van der Waals surface area contributed by atoms with Crippen molar-refractivity contribution in [2.24, 2.45) is 0 Å². The van der Waals surface area contributed by atoms with Crippen molar-refractivity contribution >= 4 is 33.3 Å². The third-order valence-corrected chi connectivity index (χ3v) is 5.11. The SMILES string of the molecule is O=C(Nc1nc(-c2ccc3ccccc3n2)cs1)c1cncn1-c1ccccn1. The summed E-state index contributed by atoms with van der Waals surface area (Å²) in [5.41, 5.74) is 2.76. The molecule has 5 rings (SSSR count). The number of anilines is 1. The zero-order chi connectivity index (χ0) is 19.6. The van der Waals surface area contributed by atoms with Gasteiger partial charge in [-0.1, -0.05) is 30.3 Å². The van der Waals surface area contributed by atoms with Gasteiger partial charge in [0.05, 0.1) is 17.4 Å². The van der Waals surface area contributed by atoms with Gasteiger partial charge >= 0.3 is 0 Å². The first-order valence-corrected chi connectivity index (χ1v) is 9.73. The Morgan fingerprint density at radius 1 is 0.966 bits per heavy atom. The minimum Gasteiger partial charge on any atom is -0.296 e. The van der Waals surface area contributed by atoms with Gasteiger partial charge in [0.2, 0.25) is 0 Å². The highest BCUT2D eigenvalue weighted by atomic mass is 32.1. The third-order valence-electron chi connectivity index (χ3n) is 4.35. The van der Waals surface area contributed by atoms with Gasteiger partial charge in [0.25, 0.3) is 5.91 Å². The number of nitrogens with zero attached hydrogens (tertiary/aromatic N) is 5. The number of para-hydroxylation sites is 1. The van der Waals surface area contributed by atoms with Crippen LogP contribution in [0.3, 0.4) is 0 Å². The first kappa shape index (κ1) is 17.2. The molecule has 0 bridgehead atoms. The van der Waals surface area contributed by atoms with E-state index in [-0.39, 0.29) is 5.91 Å². The van der Waals surface area contributed by atoms with E-state index >= 15 is 0 Å². The Hall–Kier alpha value is -3.91. The van der Waals surface area contributed by atoms with Gasteiger partial charge in [0.1, 0.15) is 23.5 Å². The van der Waals surface area contributed by atoms with Gasteiger partial charge in [-0.05, 0) is 24.3 Å². The fraction of sp³-hybridized carbons (Fsp3) is 0. The molecule has 29 heavy (non-hydrogen) atoms. The number of nitrogens with one attached hydrogen (secondary N) is 1. The van der Waals surface area contributed by atoms with E-state index in [2.05, 4.69) is 25.3 Å². The van der Waals surface area contributed by atoms with Gasteiger partial charge in [0.15, 0.2) is 5.13 Å². The minimum atomic E-state index is -0.305. The van der Waals surface area contributed by atoms with Gasteiger partial charge in [-0.25, -0.2) is 19.9 Å². The molecule has 1 N–H and O–H groups in total. The van der Waals surface area contributed by atoms with Crippen molar-refractivity contribution in [1.82, 2.24) is 24.5 Å². The molecule has 7 nitrogen and oxygen atoms in total. The number of carbonyl (C=O) groups is 1. The van der Waals surface area contributed by atoms with E-state index in [1.165, 1.54) is 17.5 Å². The maximum absolute atomic E-state index is 12.7. The molecule has 1 amide bonds. The Morgan fingerprint density at radius 3 is 2.76 bits per heavy atom. The van der Waals surface area contributed by atoms with Crippen molar-refractivity contribution < 1.29 is 4.79 Å². The zero-order valence-electron chi connectivity index (χ0n) is 15.1. The molecule has 0 spiro atoms. The molecule has 0 radical (unpaired) electrons. The van der Waals surface area contributed by atoms with Crippen LogP contribution in [-0.2, 0) is 0 Å². The van der Waals surface area contributed by atoms with Crippen LogP contribution < -0.4 is 5.32 Å². The highest BCUT2D eigenvalue weighted by molar-refractivity contribution is 7.14. The van der Waals surface area contributed by atoms with E-state index in [1.807, 2.05) is 60.0 Å². The Morgan fingerprint density at radius 2 is 1.86 bits per heavy atom. The zero-order valence-corrected chi connectivity index (χ0v) is 15.9. The molecule has 0 aliphatic carbocycles. The molecule has 0 atom stereocenters. The summed E-state index contributed by atoms with van der Waals surface area (Å²) in [6.45, 7) is 0. The molecule has 4 heterocycles. The van der Waals surface area contributed by atoms with Crippen LogP contribution >= 0.6 is 11.3 Å². The number of pyridine rings is 2. The fourth-order valence-corrected chi connectivity index (χ4v) is 3.66. The quantitative estimate of drug-likeness (QED) is 0.491.